The average molecular weight is 233 g/mol. The fraction of sp³-hybridized carbons (Fsp3) is 0.500. The van der Waals surface area contributed by atoms with Crippen molar-refractivity contribution in [1.82, 2.24) is 0 Å². The molecule has 1 unspecified atom stereocenters. The normalized spacial score (nSPS) is 16.6. The van der Waals surface area contributed by atoms with E-state index in [9.17, 15) is 4.79 Å². The topological polar surface area (TPSA) is 40.5 Å². The van der Waals surface area contributed by atoms with Gasteiger partial charge in [0.2, 0.25) is 0 Å². The number of hydrogen-bond acceptors (Lipinski definition) is 2. The molecule has 0 bridgehead atoms. The average Bonchev–Trinajstić information content (AvgIpc) is 3.09. The van der Waals surface area contributed by atoms with E-state index in [0.717, 1.165) is 5.69 Å². The number of para-hydroxylation sites is 1. The zero-order chi connectivity index (χ0) is 12.4. The number of benzene rings is 1. The molecule has 3 heteroatoms. The first-order valence-electron chi connectivity index (χ1n) is 6.07. The summed E-state index contributed by atoms with van der Waals surface area (Å²) in [6.07, 6.45) is 2.58. The summed E-state index contributed by atoms with van der Waals surface area (Å²) in [5.41, 5.74) is 2.33. The van der Waals surface area contributed by atoms with E-state index < -0.39 is 5.97 Å². The molecular formula is C14H19NO2. The molecule has 0 heterocycles. The largest absolute Gasteiger partial charge is 0.481 e. The molecular weight excluding hydrogens is 214 g/mol. The molecule has 1 N–H and O–H groups in total. The Bertz CT molecular complexity index is 410. The Kier molecular flexibility index (Phi) is 3.36. The second kappa shape index (κ2) is 4.78. The summed E-state index contributed by atoms with van der Waals surface area (Å²) in [4.78, 5) is 13.0. The number of rotatable bonds is 5. The van der Waals surface area contributed by atoms with Crippen LogP contribution in [-0.2, 0) is 4.79 Å². The standard InChI is InChI=1S/C14H19NO2/c1-15(2)13-6-4-3-5-11(13)12(9-14(16)17)10-7-8-10/h3-6,10,12H,7-9H2,1-2H3,(H,16,17). The van der Waals surface area contributed by atoms with Crippen LogP contribution in [0.2, 0.25) is 0 Å². The number of carboxylic acid groups (broad SMARTS) is 1. The van der Waals surface area contributed by atoms with E-state index in [1.54, 1.807) is 0 Å². The van der Waals surface area contributed by atoms with E-state index in [1.807, 2.05) is 26.2 Å². The Labute approximate surface area is 102 Å². The Morgan fingerprint density at radius 1 is 1.41 bits per heavy atom. The first kappa shape index (κ1) is 12.0. The Balaban J connectivity index is 2.31. The van der Waals surface area contributed by atoms with Gasteiger partial charge in [-0.05, 0) is 36.3 Å². The SMILES string of the molecule is CN(C)c1ccccc1C(CC(=O)O)C1CC1. The van der Waals surface area contributed by atoms with Crippen molar-refractivity contribution in [2.45, 2.75) is 25.2 Å². The van der Waals surface area contributed by atoms with E-state index in [4.69, 9.17) is 5.11 Å². The molecule has 1 aliphatic carbocycles. The zero-order valence-corrected chi connectivity index (χ0v) is 10.4. The van der Waals surface area contributed by atoms with Crippen LogP contribution in [0.5, 0.6) is 0 Å². The fourth-order valence-electron chi connectivity index (χ4n) is 2.43. The Morgan fingerprint density at radius 2 is 2.06 bits per heavy atom. The first-order valence-corrected chi connectivity index (χ1v) is 6.07. The molecule has 0 aliphatic heterocycles. The van der Waals surface area contributed by atoms with Crippen LogP contribution in [0.25, 0.3) is 0 Å². The summed E-state index contributed by atoms with van der Waals surface area (Å²) in [5.74, 6) is 0.0359. The van der Waals surface area contributed by atoms with Crippen molar-refractivity contribution in [2.24, 2.45) is 5.92 Å². The van der Waals surface area contributed by atoms with Gasteiger partial charge < -0.3 is 10.0 Å². The number of carboxylic acids is 1. The Morgan fingerprint density at radius 3 is 2.59 bits per heavy atom. The molecule has 3 nitrogen and oxygen atoms in total. The van der Waals surface area contributed by atoms with Crippen molar-refractivity contribution in [1.29, 1.82) is 0 Å². The van der Waals surface area contributed by atoms with Gasteiger partial charge in [0.1, 0.15) is 0 Å². The monoisotopic (exact) mass is 233 g/mol. The van der Waals surface area contributed by atoms with E-state index >= 15 is 0 Å². The maximum atomic E-state index is 11.0. The van der Waals surface area contributed by atoms with Gasteiger partial charge in [-0.15, -0.1) is 0 Å². The first-order chi connectivity index (χ1) is 8.09. The molecule has 2 rings (SSSR count). The smallest absolute Gasteiger partial charge is 0.303 e. The second-order valence-corrected chi connectivity index (χ2v) is 5.00. The van der Waals surface area contributed by atoms with Gasteiger partial charge in [0, 0.05) is 19.8 Å². The number of aliphatic carboxylic acids is 1. The van der Waals surface area contributed by atoms with E-state index in [2.05, 4.69) is 17.0 Å². The lowest BCUT2D eigenvalue weighted by atomic mass is 9.89. The summed E-state index contributed by atoms with van der Waals surface area (Å²) >= 11 is 0. The fourth-order valence-corrected chi connectivity index (χ4v) is 2.43. The third-order valence-electron chi connectivity index (χ3n) is 3.40. The highest BCUT2D eigenvalue weighted by Crippen LogP contribution is 2.46. The van der Waals surface area contributed by atoms with E-state index in [1.165, 1.54) is 18.4 Å². The summed E-state index contributed by atoms with van der Waals surface area (Å²) in [7, 11) is 4.01. The molecule has 92 valence electrons. The van der Waals surface area contributed by atoms with Gasteiger partial charge in [0.15, 0.2) is 0 Å². The Hall–Kier alpha value is -1.51. The molecule has 0 aromatic heterocycles. The lowest BCUT2D eigenvalue weighted by molar-refractivity contribution is -0.137. The van der Waals surface area contributed by atoms with E-state index in [-0.39, 0.29) is 12.3 Å². The third-order valence-corrected chi connectivity index (χ3v) is 3.40. The molecule has 17 heavy (non-hydrogen) atoms. The van der Waals surface area contributed by atoms with Gasteiger partial charge in [0.25, 0.3) is 0 Å². The van der Waals surface area contributed by atoms with Gasteiger partial charge in [-0.25, -0.2) is 0 Å². The number of hydrogen-bond donors (Lipinski definition) is 1. The minimum atomic E-state index is -0.699. The molecule has 1 aromatic rings. The minimum Gasteiger partial charge on any atom is -0.481 e. The molecule has 0 spiro atoms. The molecule has 1 aliphatic rings. The van der Waals surface area contributed by atoms with Gasteiger partial charge in [0.05, 0.1) is 6.42 Å². The van der Waals surface area contributed by atoms with Crippen LogP contribution < -0.4 is 4.90 Å². The van der Waals surface area contributed by atoms with Crippen LogP contribution in [0.4, 0.5) is 5.69 Å². The zero-order valence-electron chi connectivity index (χ0n) is 10.4. The molecule has 0 saturated heterocycles. The highest BCUT2D eigenvalue weighted by atomic mass is 16.4. The van der Waals surface area contributed by atoms with Crippen LogP contribution in [0.3, 0.4) is 0 Å². The lowest BCUT2D eigenvalue weighted by Gasteiger charge is -2.23. The van der Waals surface area contributed by atoms with Gasteiger partial charge in [-0.3, -0.25) is 4.79 Å². The van der Waals surface area contributed by atoms with Crippen LogP contribution in [0.1, 0.15) is 30.7 Å². The summed E-state index contributed by atoms with van der Waals surface area (Å²) in [6, 6.07) is 8.14. The van der Waals surface area contributed by atoms with Crippen molar-refractivity contribution < 1.29 is 9.90 Å². The van der Waals surface area contributed by atoms with E-state index in [0.29, 0.717) is 5.92 Å². The molecule has 1 aromatic carbocycles. The molecule has 0 amide bonds. The number of anilines is 1. The molecule has 1 atom stereocenters. The highest BCUT2D eigenvalue weighted by Gasteiger charge is 2.34. The highest BCUT2D eigenvalue weighted by molar-refractivity contribution is 5.69. The van der Waals surface area contributed by atoms with Gasteiger partial charge >= 0.3 is 5.97 Å². The minimum absolute atomic E-state index is 0.172. The number of carbonyl (C=O) groups is 1. The van der Waals surface area contributed by atoms with Crippen LogP contribution in [0.15, 0.2) is 24.3 Å². The summed E-state index contributed by atoms with van der Waals surface area (Å²) in [5, 5.41) is 9.04. The van der Waals surface area contributed by atoms with Crippen molar-refractivity contribution in [2.75, 3.05) is 19.0 Å². The van der Waals surface area contributed by atoms with Crippen molar-refractivity contribution in [3.63, 3.8) is 0 Å². The quantitative estimate of drug-likeness (QED) is 0.850. The summed E-state index contributed by atoms with van der Waals surface area (Å²) in [6.45, 7) is 0. The van der Waals surface area contributed by atoms with Crippen molar-refractivity contribution in [3.8, 4) is 0 Å². The maximum absolute atomic E-state index is 11.0. The summed E-state index contributed by atoms with van der Waals surface area (Å²) < 4.78 is 0. The molecule has 1 fully saturated rings. The third kappa shape index (κ3) is 2.78. The van der Waals surface area contributed by atoms with Crippen molar-refractivity contribution in [3.05, 3.63) is 29.8 Å². The molecule has 0 radical (unpaired) electrons. The second-order valence-electron chi connectivity index (χ2n) is 5.00. The van der Waals surface area contributed by atoms with Gasteiger partial charge in [-0.1, -0.05) is 18.2 Å². The maximum Gasteiger partial charge on any atom is 0.303 e. The van der Waals surface area contributed by atoms with Crippen molar-refractivity contribution >= 4 is 11.7 Å². The predicted molar refractivity (Wildman–Crippen MR) is 68.5 cm³/mol. The van der Waals surface area contributed by atoms with Gasteiger partial charge in [-0.2, -0.15) is 0 Å². The van der Waals surface area contributed by atoms with Crippen LogP contribution >= 0.6 is 0 Å². The van der Waals surface area contributed by atoms with Crippen LogP contribution in [0, 0.1) is 5.92 Å². The predicted octanol–water partition coefficient (Wildman–Crippen LogP) is 2.72. The van der Waals surface area contributed by atoms with Crippen LogP contribution in [-0.4, -0.2) is 25.2 Å². The molecule has 1 saturated carbocycles. The number of nitrogens with zero attached hydrogens (tertiary/aromatic N) is 1. The lowest BCUT2D eigenvalue weighted by Crippen LogP contribution is -2.15.